The van der Waals surface area contributed by atoms with Crippen LogP contribution in [0.25, 0.3) is 0 Å². The summed E-state index contributed by atoms with van der Waals surface area (Å²) in [5.41, 5.74) is 7.81. The molecule has 0 atom stereocenters. The Hall–Kier alpha value is -6.04. The van der Waals surface area contributed by atoms with E-state index in [0.717, 1.165) is 11.1 Å². The highest BCUT2D eigenvalue weighted by Crippen LogP contribution is 2.57. The fraction of sp³-hybridized carbons (Fsp3) is 0.125. The molecule has 12 heteroatoms. The number of nitrogens with zero attached hydrogens (tertiary/aromatic N) is 4. The Kier molecular flexibility index (Phi) is 8.90. The number of hydrogen-bond acceptors (Lipinski definition) is 8. The van der Waals surface area contributed by atoms with Gasteiger partial charge in [-0.05, 0) is 46.5 Å². The predicted octanol–water partition coefficient (Wildman–Crippen LogP) is 4.92. The molecule has 12 nitrogen and oxygen atoms in total. The van der Waals surface area contributed by atoms with Crippen LogP contribution in [0.4, 0.5) is 11.4 Å². The number of nitrogens with one attached hydrogen (secondary N) is 2. The molecule has 0 bridgehead atoms. The Bertz CT molecular complexity index is 1570. The lowest BCUT2D eigenvalue weighted by atomic mass is 9.52. The summed E-state index contributed by atoms with van der Waals surface area (Å²) in [5, 5.41) is 30.0. The number of carbonyl (C=O) groups is 2. The van der Waals surface area contributed by atoms with Gasteiger partial charge in [-0.1, -0.05) is 60.7 Å². The zero-order valence-corrected chi connectivity index (χ0v) is 23.1. The second-order valence-electron chi connectivity index (χ2n) is 10.1. The maximum Gasteiger partial charge on any atom is 0.269 e. The predicted molar refractivity (Wildman–Crippen MR) is 163 cm³/mol. The van der Waals surface area contributed by atoms with Crippen LogP contribution in [0.3, 0.4) is 0 Å². The van der Waals surface area contributed by atoms with E-state index >= 15 is 0 Å². The summed E-state index contributed by atoms with van der Waals surface area (Å²) in [6.45, 7) is 0. The van der Waals surface area contributed by atoms with Crippen molar-refractivity contribution in [3.63, 3.8) is 0 Å². The number of non-ortho nitro benzene ring substituents is 2. The molecule has 4 aromatic carbocycles. The smallest absolute Gasteiger partial charge is 0.269 e. The molecule has 0 aromatic heterocycles. The molecule has 1 fully saturated rings. The number of carbonyl (C=O) groups excluding carboxylic acids is 2. The maximum atomic E-state index is 13.6. The molecule has 220 valence electrons. The first-order chi connectivity index (χ1) is 21.3. The summed E-state index contributed by atoms with van der Waals surface area (Å²) >= 11 is 0. The first-order valence-electron chi connectivity index (χ1n) is 13.6. The second-order valence-corrected chi connectivity index (χ2v) is 10.1. The zero-order valence-electron chi connectivity index (χ0n) is 23.1. The molecule has 0 saturated heterocycles. The quantitative estimate of drug-likeness (QED) is 0.151. The molecule has 2 amide bonds. The van der Waals surface area contributed by atoms with Gasteiger partial charge in [-0.2, -0.15) is 10.2 Å². The SMILES string of the molecule is O=C(N/N=C/c1ccc([N+](=O)[O-])cc1)C1C(c2ccccc2)C(C(=O)N/N=C/c2ccc([N+](=O)[O-])cc2)C1c1ccccc1. The van der Waals surface area contributed by atoms with E-state index in [4.69, 9.17) is 0 Å². The van der Waals surface area contributed by atoms with Gasteiger partial charge in [0.15, 0.2) is 0 Å². The third kappa shape index (κ3) is 6.54. The Labute approximate surface area is 251 Å². The third-order valence-corrected chi connectivity index (χ3v) is 7.51. The fourth-order valence-electron chi connectivity index (χ4n) is 5.43. The van der Waals surface area contributed by atoms with Gasteiger partial charge in [0.2, 0.25) is 11.8 Å². The van der Waals surface area contributed by atoms with Crippen molar-refractivity contribution < 1.29 is 19.4 Å². The van der Waals surface area contributed by atoms with Gasteiger partial charge < -0.3 is 0 Å². The van der Waals surface area contributed by atoms with Crippen LogP contribution in [0.2, 0.25) is 0 Å². The van der Waals surface area contributed by atoms with E-state index in [1.165, 1.54) is 61.0 Å². The van der Waals surface area contributed by atoms with Crippen LogP contribution in [0.15, 0.2) is 119 Å². The lowest BCUT2D eigenvalue weighted by molar-refractivity contribution is -0.385. The number of benzene rings is 4. The van der Waals surface area contributed by atoms with E-state index in [1.807, 2.05) is 60.7 Å². The normalized spacial score (nSPS) is 19.3. The average Bonchev–Trinajstić information content (AvgIpc) is 3.02. The van der Waals surface area contributed by atoms with Gasteiger partial charge in [0.25, 0.3) is 11.4 Å². The average molecular weight is 591 g/mol. The number of amides is 2. The van der Waals surface area contributed by atoms with Gasteiger partial charge in [0.05, 0.1) is 34.1 Å². The van der Waals surface area contributed by atoms with E-state index in [-0.39, 0.29) is 23.2 Å². The molecule has 0 heterocycles. The summed E-state index contributed by atoms with van der Waals surface area (Å²) < 4.78 is 0. The summed E-state index contributed by atoms with van der Waals surface area (Å²) in [6.07, 6.45) is 2.79. The molecule has 1 aliphatic carbocycles. The molecular weight excluding hydrogens is 564 g/mol. The summed E-state index contributed by atoms with van der Waals surface area (Å²) in [7, 11) is 0. The highest BCUT2D eigenvalue weighted by Gasteiger charge is 2.58. The van der Waals surface area contributed by atoms with Gasteiger partial charge in [-0.15, -0.1) is 0 Å². The van der Waals surface area contributed by atoms with Crippen molar-refractivity contribution in [3.8, 4) is 0 Å². The number of hydrogen-bond donors (Lipinski definition) is 2. The topological polar surface area (TPSA) is 169 Å². The third-order valence-electron chi connectivity index (χ3n) is 7.51. The Morgan fingerprint density at radius 1 is 0.568 bits per heavy atom. The highest BCUT2D eigenvalue weighted by molar-refractivity contribution is 5.91. The van der Waals surface area contributed by atoms with Crippen molar-refractivity contribution in [2.24, 2.45) is 22.0 Å². The van der Waals surface area contributed by atoms with Gasteiger partial charge in [0.1, 0.15) is 0 Å². The van der Waals surface area contributed by atoms with E-state index in [0.29, 0.717) is 11.1 Å². The molecule has 0 unspecified atom stereocenters. The standard InChI is InChI=1S/C32H26N6O6/c39-31(35-33-19-21-11-15-25(16-12-21)37(41)42)29-27(23-7-3-1-4-8-23)30(28(29)24-9-5-2-6-10-24)32(40)36-34-20-22-13-17-26(18-14-22)38(43)44/h1-20,27-30H,(H,35,39)(H,36,40)/b33-19+,34-20+. The summed E-state index contributed by atoms with van der Waals surface area (Å²) in [6, 6.07) is 30.0. The monoisotopic (exact) mass is 590 g/mol. The van der Waals surface area contributed by atoms with Gasteiger partial charge in [-0.3, -0.25) is 29.8 Å². The van der Waals surface area contributed by atoms with Crippen LogP contribution < -0.4 is 10.9 Å². The number of nitro benzene ring substituents is 2. The fourth-order valence-corrected chi connectivity index (χ4v) is 5.43. The van der Waals surface area contributed by atoms with Crippen molar-refractivity contribution in [1.29, 1.82) is 0 Å². The lowest BCUT2D eigenvalue weighted by Crippen LogP contribution is -2.55. The second kappa shape index (κ2) is 13.3. The van der Waals surface area contributed by atoms with Gasteiger partial charge in [-0.25, -0.2) is 10.9 Å². The van der Waals surface area contributed by atoms with Crippen molar-refractivity contribution >= 4 is 35.6 Å². The Balaban J connectivity index is 1.39. The molecule has 0 aliphatic heterocycles. The van der Waals surface area contributed by atoms with Gasteiger partial charge >= 0.3 is 0 Å². The molecular formula is C32H26N6O6. The minimum atomic E-state index is -0.650. The molecule has 4 aromatic rings. The van der Waals surface area contributed by atoms with Crippen molar-refractivity contribution in [2.75, 3.05) is 0 Å². The summed E-state index contributed by atoms with van der Waals surface area (Å²) in [4.78, 5) is 48.1. The minimum absolute atomic E-state index is 0.0570. The minimum Gasteiger partial charge on any atom is -0.273 e. The van der Waals surface area contributed by atoms with E-state index in [2.05, 4.69) is 21.1 Å². The molecule has 44 heavy (non-hydrogen) atoms. The molecule has 0 spiro atoms. The first kappa shape index (κ1) is 29.5. The van der Waals surface area contributed by atoms with Crippen LogP contribution in [0.5, 0.6) is 0 Å². The van der Waals surface area contributed by atoms with Crippen LogP contribution in [0, 0.1) is 32.1 Å². The van der Waals surface area contributed by atoms with E-state index in [1.54, 1.807) is 0 Å². The first-order valence-corrected chi connectivity index (χ1v) is 13.6. The molecule has 1 aliphatic rings. The summed E-state index contributed by atoms with van der Waals surface area (Å²) in [5.74, 6) is -3.06. The maximum absolute atomic E-state index is 13.6. The van der Waals surface area contributed by atoms with Crippen LogP contribution in [-0.4, -0.2) is 34.1 Å². The number of hydrazone groups is 2. The van der Waals surface area contributed by atoms with Gasteiger partial charge in [0, 0.05) is 36.1 Å². The lowest BCUT2D eigenvalue weighted by Gasteiger charge is -2.50. The molecule has 1 saturated carbocycles. The van der Waals surface area contributed by atoms with Crippen LogP contribution in [-0.2, 0) is 9.59 Å². The van der Waals surface area contributed by atoms with Crippen molar-refractivity contribution in [3.05, 3.63) is 152 Å². The Morgan fingerprint density at radius 2 is 0.909 bits per heavy atom. The molecule has 0 radical (unpaired) electrons. The molecule has 2 N–H and O–H groups in total. The number of nitro groups is 2. The van der Waals surface area contributed by atoms with Crippen molar-refractivity contribution in [1.82, 2.24) is 10.9 Å². The molecule has 5 rings (SSSR count). The number of rotatable bonds is 10. The van der Waals surface area contributed by atoms with E-state index < -0.39 is 33.5 Å². The van der Waals surface area contributed by atoms with Crippen LogP contribution >= 0.6 is 0 Å². The highest BCUT2D eigenvalue weighted by atomic mass is 16.6. The Morgan fingerprint density at radius 3 is 1.23 bits per heavy atom. The van der Waals surface area contributed by atoms with E-state index in [9.17, 15) is 29.8 Å². The van der Waals surface area contributed by atoms with Crippen LogP contribution in [0.1, 0.15) is 34.1 Å². The van der Waals surface area contributed by atoms with Crippen molar-refractivity contribution in [2.45, 2.75) is 11.8 Å². The largest absolute Gasteiger partial charge is 0.273 e. The zero-order chi connectivity index (χ0) is 31.1.